The number of nitrogen functional groups attached to an aromatic ring is 1. The molecule has 4 rings (SSSR count). The van der Waals surface area contributed by atoms with Gasteiger partial charge in [-0.25, -0.2) is 9.37 Å². The first-order valence-corrected chi connectivity index (χ1v) is 12.7. The smallest absolute Gasteiger partial charge is 0.494 e. The summed E-state index contributed by atoms with van der Waals surface area (Å²) in [6.07, 6.45) is -3.82. The highest BCUT2D eigenvalue weighted by molar-refractivity contribution is 5.95. The van der Waals surface area contributed by atoms with Crippen LogP contribution in [0.25, 0.3) is 11.3 Å². The van der Waals surface area contributed by atoms with E-state index in [2.05, 4.69) is 20.0 Å². The average molecular weight is 572 g/mol. The minimum Gasteiger partial charge on any atom is -0.494 e. The van der Waals surface area contributed by atoms with E-state index in [1.165, 1.54) is 36.5 Å². The van der Waals surface area contributed by atoms with Crippen molar-refractivity contribution in [3.63, 3.8) is 0 Å². The van der Waals surface area contributed by atoms with E-state index in [-0.39, 0.29) is 40.3 Å². The summed E-state index contributed by atoms with van der Waals surface area (Å²) in [7, 11) is 0. The van der Waals surface area contributed by atoms with Crippen LogP contribution in [0.5, 0.6) is 17.2 Å². The predicted molar refractivity (Wildman–Crippen MR) is 147 cm³/mol. The Balaban J connectivity index is 1.83. The summed E-state index contributed by atoms with van der Waals surface area (Å²) in [5, 5.41) is 10.8. The van der Waals surface area contributed by atoms with Crippen LogP contribution in [-0.2, 0) is 0 Å². The molecule has 0 spiro atoms. The number of H-pyrrole nitrogens is 1. The van der Waals surface area contributed by atoms with Crippen LogP contribution in [0.1, 0.15) is 43.8 Å². The lowest BCUT2D eigenvalue weighted by atomic mass is 10.0. The van der Waals surface area contributed by atoms with Crippen molar-refractivity contribution in [3.8, 4) is 28.5 Å². The normalized spacial score (nSPS) is 12.2. The van der Waals surface area contributed by atoms with E-state index in [1.54, 1.807) is 51.1 Å². The molecule has 1 unspecified atom stereocenters. The number of hydrogen-bond donors (Lipinski definition) is 4. The Morgan fingerprint density at radius 3 is 2.41 bits per heavy atom. The van der Waals surface area contributed by atoms with Gasteiger partial charge in [0.05, 0.1) is 18.4 Å². The van der Waals surface area contributed by atoms with Crippen molar-refractivity contribution in [2.75, 3.05) is 11.9 Å². The predicted octanol–water partition coefficient (Wildman–Crippen LogP) is 6.79. The number of aromatic nitrogens is 2. The molecule has 1 heterocycles. The van der Waals surface area contributed by atoms with Gasteiger partial charge in [-0.2, -0.15) is 0 Å². The molecular weight excluding hydrogens is 542 g/mol. The molecular formula is C29H29F4N5O3. The van der Waals surface area contributed by atoms with Crippen molar-refractivity contribution in [1.29, 1.82) is 5.41 Å². The van der Waals surface area contributed by atoms with Crippen LogP contribution < -0.4 is 25.3 Å². The van der Waals surface area contributed by atoms with E-state index in [4.69, 9.17) is 20.6 Å². The van der Waals surface area contributed by atoms with Crippen LogP contribution in [-0.4, -0.2) is 34.9 Å². The number of ether oxygens (including phenoxy) is 3. The molecule has 8 nitrogen and oxygen atoms in total. The fraction of sp³-hybridized carbons (Fsp3) is 0.241. The second-order valence-corrected chi connectivity index (χ2v) is 9.21. The Bertz CT molecular complexity index is 1500. The number of para-hydroxylation sites is 1. The summed E-state index contributed by atoms with van der Waals surface area (Å²) in [4.78, 5) is 7.50. The molecule has 4 aromatic rings. The molecule has 0 radical (unpaired) electrons. The highest BCUT2D eigenvalue weighted by Crippen LogP contribution is 2.38. The van der Waals surface area contributed by atoms with Crippen molar-refractivity contribution >= 4 is 11.5 Å². The lowest BCUT2D eigenvalue weighted by Crippen LogP contribution is -2.18. The molecule has 0 amide bonds. The van der Waals surface area contributed by atoms with Gasteiger partial charge in [0.1, 0.15) is 29.2 Å². The fourth-order valence-corrected chi connectivity index (χ4v) is 4.11. The number of nitrogens with one attached hydrogen (secondary N) is 3. The van der Waals surface area contributed by atoms with Gasteiger partial charge in [0.25, 0.3) is 0 Å². The third-order valence-corrected chi connectivity index (χ3v) is 5.79. The highest BCUT2D eigenvalue weighted by atomic mass is 19.4. The molecule has 12 heteroatoms. The van der Waals surface area contributed by atoms with Gasteiger partial charge in [-0.1, -0.05) is 12.1 Å². The lowest BCUT2D eigenvalue weighted by molar-refractivity contribution is -0.274. The minimum atomic E-state index is -4.90. The number of rotatable bonds is 11. The maximum Gasteiger partial charge on any atom is 0.573 e. The molecule has 3 aromatic carbocycles. The van der Waals surface area contributed by atoms with Gasteiger partial charge < -0.3 is 30.2 Å². The second-order valence-electron chi connectivity index (χ2n) is 9.21. The van der Waals surface area contributed by atoms with Gasteiger partial charge in [-0.3, -0.25) is 5.41 Å². The number of aromatic amines is 1. The van der Waals surface area contributed by atoms with Crippen molar-refractivity contribution in [3.05, 3.63) is 89.6 Å². The first-order valence-electron chi connectivity index (χ1n) is 12.7. The molecule has 0 aliphatic carbocycles. The van der Waals surface area contributed by atoms with Crippen LogP contribution >= 0.6 is 0 Å². The molecule has 1 atom stereocenters. The first kappa shape index (κ1) is 29.2. The summed E-state index contributed by atoms with van der Waals surface area (Å²) < 4.78 is 70.7. The summed E-state index contributed by atoms with van der Waals surface area (Å²) in [6, 6.07) is 14.2. The van der Waals surface area contributed by atoms with Crippen LogP contribution in [0.4, 0.5) is 23.2 Å². The standard InChI is InChI=1S/C29H29F4N5O3/c1-4-39-19-13-21(25(30)24(14-19)40-16(2)3)26(37-18-11-9-17(10-12-18)27(34)35)28-36-15-22(38-28)20-7-5-6-8-23(20)41-29(31,32)33/h5-16,26,37H,4H2,1-3H3,(H3,34,35)(H,36,38). The fourth-order valence-electron chi connectivity index (χ4n) is 4.11. The zero-order valence-corrected chi connectivity index (χ0v) is 22.5. The largest absolute Gasteiger partial charge is 0.573 e. The number of nitrogens with two attached hydrogens (primary N) is 1. The lowest BCUT2D eigenvalue weighted by Gasteiger charge is -2.22. The monoisotopic (exact) mass is 571 g/mol. The number of halogens is 4. The van der Waals surface area contributed by atoms with E-state index in [0.717, 1.165) is 0 Å². The van der Waals surface area contributed by atoms with Gasteiger partial charge in [0, 0.05) is 34.6 Å². The Morgan fingerprint density at radius 1 is 1.07 bits per heavy atom. The number of amidine groups is 1. The van der Waals surface area contributed by atoms with Crippen LogP contribution in [0.15, 0.2) is 66.9 Å². The third-order valence-electron chi connectivity index (χ3n) is 5.79. The van der Waals surface area contributed by atoms with E-state index >= 15 is 4.39 Å². The van der Waals surface area contributed by atoms with Crippen LogP contribution in [0.2, 0.25) is 0 Å². The molecule has 0 aliphatic rings. The van der Waals surface area contributed by atoms with Gasteiger partial charge in [0.2, 0.25) is 0 Å². The zero-order chi connectivity index (χ0) is 29.7. The average Bonchev–Trinajstić information content (AvgIpc) is 3.38. The second kappa shape index (κ2) is 12.2. The quantitative estimate of drug-likeness (QED) is 0.0895. The Hall–Kier alpha value is -4.74. The molecule has 5 N–H and O–H groups in total. The number of anilines is 1. The van der Waals surface area contributed by atoms with E-state index in [0.29, 0.717) is 23.6 Å². The maximum atomic E-state index is 16.0. The number of imidazole rings is 1. The number of nitrogens with zero attached hydrogens (tertiary/aromatic N) is 1. The summed E-state index contributed by atoms with van der Waals surface area (Å²) in [6.45, 7) is 5.63. The van der Waals surface area contributed by atoms with E-state index in [9.17, 15) is 13.2 Å². The van der Waals surface area contributed by atoms with Gasteiger partial charge >= 0.3 is 6.36 Å². The van der Waals surface area contributed by atoms with Crippen molar-refractivity contribution in [2.24, 2.45) is 5.73 Å². The Labute approximate surface area is 234 Å². The summed E-state index contributed by atoms with van der Waals surface area (Å²) >= 11 is 0. The first-order chi connectivity index (χ1) is 19.4. The summed E-state index contributed by atoms with van der Waals surface area (Å²) in [5.74, 6) is -0.697. The maximum absolute atomic E-state index is 16.0. The number of benzene rings is 3. The summed E-state index contributed by atoms with van der Waals surface area (Å²) in [5.41, 5.74) is 6.94. The van der Waals surface area contributed by atoms with Gasteiger partial charge in [-0.05, 0) is 63.2 Å². The highest BCUT2D eigenvalue weighted by Gasteiger charge is 2.33. The molecule has 41 heavy (non-hydrogen) atoms. The Kier molecular flexibility index (Phi) is 8.70. The molecule has 0 saturated heterocycles. The van der Waals surface area contributed by atoms with Crippen molar-refractivity contribution in [2.45, 2.75) is 39.3 Å². The molecule has 0 saturated carbocycles. The number of hydrogen-bond acceptors (Lipinski definition) is 6. The molecule has 0 aliphatic heterocycles. The van der Waals surface area contributed by atoms with Crippen molar-refractivity contribution < 1.29 is 31.8 Å². The Morgan fingerprint density at radius 2 is 1.78 bits per heavy atom. The minimum absolute atomic E-state index is 0.0321. The van der Waals surface area contributed by atoms with E-state index in [1.807, 2.05) is 0 Å². The SMILES string of the molecule is CCOc1cc(OC(C)C)c(F)c(C(Nc2ccc(C(=N)N)cc2)c2nc(-c3ccccc3OC(F)(F)F)c[nH]2)c1. The van der Waals surface area contributed by atoms with E-state index < -0.39 is 24.0 Å². The molecule has 216 valence electrons. The third kappa shape index (κ3) is 7.27. The van der Waals surface area contributed by atoms with Gasteiger partial charge in [0.15, 0.2) is 11.6 Å². The van der Waals surface area contributed by atoms with Crippen LogP contribution in [0, 0.1) is 11.2 Å². The number of alkyl halides is 3. The molecule has 1 aromatic heterocycles. The van der Waals surface area contributed by atoms with Crippen molar-refractivity contribution in [1.82, 2.24) is 9.97 Å². The molecule has 0 bridgehead atoms. The van der Waals surface area contributed by atoms with Gasteiger partial charge in [-0.15, -0.1) is 13.2 Å². The van der Waals surface area contributed by atoms with Crippen LogP contribution in [0.3, 0.4) is 0 Å². The molecule has 0 fully saturated rings. The zero-order valence-electron chi connectivity index (χ0n) is 22.5. The topological polar surface area (TPSA) is 118 Å².